The number of tetrazole rings is 1. The first kappa shape index (κ1) is 15.2. The Morgan fingerprint density at radius 1 is 1.30 bits per heavy atom. The molecule has 0 saturated carbocycles. The molecule has 0 aliphatic carbocycles. The monoisotopic (exact) mass is 329 g/mol. The van der Waals surface area contributed by atoms with Crippen molar-refractivity contribution in [1.82, 2.24) is 25.5 Å². The number of benzene rings is 1. The molecule has 7 nitrogen and oxygen atoms in total. The van der Waals surface area contributed by atoms with Crippen LogP contribution in [0, 0.1) is 0 Å². The van der Waals surface area contributed by atoms with E-state index in [0.717, 1.165) is 16.2 Å². The Morgan fingerprint density at radius 3 is 2.96 bits per heavy atom. The van der Waals surface area contributed by atoms with Gasteiger partial charge in [-0.15, -0.1) is 21.5 Å². The quantitative estimate of drug-likeness (QED) is 0.745. The predicted molar refractivity (Wildman–Crippen MR) is 86.0 cm³/mol. The summed E-state index contributed by atoms with van der Waals surface area (Å²) in [5.74, 6) is 1.08. The van der Waals surface area contributed by atoms with Crippen molar-refractivity contribution in [3.63, 3.8) is 0 Å². The van der Waals surface area contributed by atoms with Crippen LogP contribution in [0.2, 0.25) is 0 Å². The highest BCUT2D eigenvalue weighted by molar-refractivity contribution is 7.13. The van der Waals surface area contributed by atoms with Gasteiger partial charge >= 0.3 is 0 Å². The molecule has 1 N–H and O–H groups in total. The van der Waals surface area contributed by atoms with Crippen molar-refractivity contribution in [2.75, 3.05) is 7.11 Å². The van der Waals surface area contributed by atoms with E-state index < -0.39 is 0 Å². The van der Waals surface area contributed by atoms with Crippen molar-refractivity contribution in [3.05, 3.63) is 47.3 Å². The Morgan fingerprint density at radius 2 is 2.17 bits per heavy atom. The van der Waals surface area contributed by atoms with Gasteiger partial charge in [-0.25, -0.2) is 0 Å². The highest BCUT2D eigenvalue weighted by Crippen LogP contribution is 2.19. The predicted octanol–water partition coefficient (Wildman–Crippen LogP) is 1.73. The molecule has 8 heteroatoms. The van der Waals surface area contributed by atoms with Crippen LogP contribution in [0.15, 0.2) is 41.8 Å². The molecule has 0 bridgehead atoms. The number of methoxy groups -OCH3 is 1. The van der Waals surface area contributed by atoms with E-state index in [0.29, 0.717) is 12.4 Å². The number of nitrogens with zero attached hydrogens (tertiary/aromatic N) is 4. The number of carbonyl (C=O) groups excluding carboxylic acids is 1. The van der Waals surface area contributed by atoms with E-state index in [2.05, 4.69) is 20.7 Å². The lowest BCUT2D eigenvalue weighted by Crippen LogP contribution is -2.28. The smallest absolute Gasteiger partial charge is 0.243 e. The van der Waals surface area contributed by atoms with E-state index in [-0.39, 0.29) is 12.5 Å². The first-order chi connectivity index (χ1) is 11.3. The lowest BCUT2D eigenvalue weighted by atomic mass is 10.2. The number of carbonyl (C=O) groups is 1. The van der Waals surface area contributed by atoms with Crippen molar-refractivity contribution in [1.29, 1.82) is 0 Å². The average molecular weight is 329 g/mol. The van der Waals surface area contributed by atoms with Crippen LogP contribution in [-0.2, 0) is 17.9 Å². The van der Waals surface area contributed by atoms with Gasteiger partial charge in [0.05, 0.1) is 12.0 Å². The molecule has 23 heavy (non-hydrogen) atoms. The lowest BCUT2D eigenvalue weighted by molar-refractivity contribution is -0.122. The van der Waals surface area contributed by atoms with Crippen LogP contribution < -0.4 is 10.1 Å². The Bertz CT molecular complexity index is 785. The van der Waals surface area contributed by atoms with Crippen molar-refractivity contribution in [2.45, 2.75) is 13.1 Å². The SMILES string of the molecule is COc1ccccc1CNC(=O)Cn1nnc(-c2cccs2)n1. The molecule has 0 radical (unpaired) electrons. The zero-order valence-electron chi connectivity index (χ0n) is 12.5. The molecule has 0 saturated heterocycles. The Labute approximate surface area is 136 Å². The third-order valence-electron chi connectivity index (χ3n) is 3.15. The molecule has 0 aliphatic heterocycles. The summed E-state index contributed by atoms with van der Waals surface area (Å²) >= 11 is 1.53. The zero-order chi connectivity index (χ0) is 16.1. The van der Waals surface area contributed by atoms with Gasteiger partial charge in [-0.3, -0.25) is 4.79 Å². The molecule has 0 spiro atoms. The van der Waals surface area contributed by atoms with Crippen molar-refractivity contribution in [2.24, 2.45) is 0 Å². The average Bonchev–Trinajstić information content (AvgIpc) is 3.24. The molecular weight excluding hydrogens is 314 g/mol. The molecule has 118 valence electrons. The summed E-state index contributed by atoms with van der Waals surface area (Å²) in [6, 6.07) is 11.4. The second-order valence-electron chi connectivity index (χ2n) is 4.71. The molecule has 2 heterocycles. The van der Waals surface area contributed by atoms with Gasteiger partial charge < -0.3 is 10.1 Å². The molecule has 2 aromatic heterocycles. The number of hydrogen-bond acceptors (Lipinski definition) is 6. The maximum Gasteiger partial charge on any atom is 0.243 e. The summed E-state index contributed by atoms with van der Waals surface area (Å²) in [6.45, 7) is 0.406. The van der Waals surface area contributed by atoms with Gasteiger partial charge in [-0.05, 0) is 22.7 Å². The number of nitrogens with one attached hydrogen (secondary N) is 1. The molecule has 3 aromatic rings. The summed E-state index contributed by atoms with van der Waals surface area (Å²) < 4.78 is 5.25. The number of amides is 1. The van der Waals surface area contributed by atoms with Crippen LogP contribution in [-0.4, -0.2) is 33.2 Å². The third kappa shape index (κ3) is 3.72. The number of thiophene rings is 1. The van der Waals surface area contributed by atoms with Crippen LogP contribution in [0.5, 0.6) is 5.75 Å². The minimum atomic E-state index is -0.189. The maximum absolute atomic E-state index is 12.0. The minimum Gasteiger partial charge on any atom is -0.496 e. The summed E-state index contributed by atoms with van der Waals surface area (Å²) in [5.41, 5.74) is 0.911. The molecule has 1 aromatic carbocycles. The largest absolute Gasteiger partial charge is 0.496 e. The van der Waals surface area contributed by atoms with Gasteiger partial charge in [0.25, 0.3) is 0 Å². The highest BCUT2D eigenvalue weighted by Gasteiger charge is 2.10. The summed E-state index contributed by atoms with van der Waals surface area (Å²) in [4.78, 5) is 14.2. The normalized spacial score (nSPS) is 10.5. The lowest BCUT2D eigenvalue weighted by Gasteiger charge is -2.09. The fourth-order valence-corrected chi connectivity index (χ4v) is 2.69. The number of ether oxygens (including phenoxy) is 1. The molecule has 1 amide bonds. The van der Waals surface area contributed by atoms with Gasteiger partial charge in [0.15, 0.2) is 0 Å². The van der Waals surface area contributed by atoms with Gasteiger partial charge in [-0.1, -0.05) is 24.3 Å². The van der Waals surface area contributed by atoms with E-state index in [1.807, 2.05) is 41.8 Å². The fraction of sp³-hybridized carbons (Fsp3) is 0.200. The summed E-state index contributed by atoms with van der Waals surface area (Å²) in [5, 5.41) is 16.8. The van der Waals surface area contributed by atoms with Crippen molar-refractivity contribution < 1.29 is 9.53 Å². The van der Waals surface area contributed by atoms with Crippen LogP contribution in [0.3, 0.4) is 0 Å². The number of para-hydroxylation sites is 1. The van der Waals surface area contributed by atoms with Crippen LogP contribution >= 0.6 is 11.3 Å². The van der Waals surface area contributed by atoms with E-state index in [1.165, 1.54) is 16.1 Å². The topological polar surface area (TPSA) is 81.9 Å². The highest BCUT2D eigenvalue weighted by atomic mass is 32.1. The van der Waals surface area contributed by atoms with Gasteiger partial charge in [0.2, 0.25) is 11.7 Å². The van der Waals surface area contributed by atoms with E-state index in [9.17, 15) is 4.79 Å². The van der Waals surface area contributed by atoms with Gasteiger partial charge in [-0.2, -0.15) is 4.80 Å². The Kier molecular flexibility index (Phi) is 4.62. The zero-order valence-corrected chi connectivity index (χ0v) is 13.3. The van der Waals surface area contributed by atoms with Gasteiger partial charge in [0, 0.05) is 12.1 Å². The summed E-state index contributed by atoms with van der Waals surface area (Å²) in [6.07, 6.45) is 0. The van der Waals surface area contributed by atoms with Crippen molar-refractivity contribution in [3.8, 4) is 16.5 Å². The van der Waals surface area contributed by atoms with E-state index in [1.54, 1.807) is 7.11 Å². The molecular formula is C15H15N5O2S. The number of aromatic nitrogens is 4. The number of hydrogen-bond donors (Lipinski definition) is 1. The molecule has 0 atom stereocenters. The first-order valence-corrected chi connectivity index (χ1v) is 7.84. The van der Waals surface area contributed by atoms with Gasteiger partial charge in [0.1, 0.15) is 12.3 Å². The standard InChI is InChI=1S/C15H15N5O2S/c1-22-12-6-3-2-5-11(12)9-16-14(21)10-20-18-15(17-19-20)13-7-4-8-23-13/h2-8H,9-10H2,1H3,(H,16,21). The van der Waals surface area contributed by atoms with Crippen LogP contribution in [0.1, 0.15) is 5.56 Å². The van der Waals surface area contributed by atoms with Crippen LogP contribution in [0.25, 0.3) is 10.7 Å². The second kappa shape index (κ2) is 7.01. The van der Waals surface area contributed by atoms with Crippen molar-refractivity contribution >= 4 is 17.2 Å². The molecule has 3 rings (SSSR count). The summed E-state index contributed by atoms with van der Waals surface area (Å²) in [7, 11) is 1.60. The molecule has 0 fully saturated rings. The first-order valence-electron chi connectivity index (χ1n) is 6.96. The van der Waals surface area contributed by atoms with E-state index >= 15 is 0 Å². The minimum absolute atomic E-state index is 0.0214. The van der Waals surface area contributed by atoms with Crippen LogP contribution in [0.4, 0.5) is 0 Å². The Hall–Kier alpha value is -2.74. The maximum atomic E-state index is 12.0. The third-order valence-corrected chi connectivity index (χ3v) is 4.01. The second-order valence-corrected chi connectivity index (χ2v) is 5.66. The Balaban J connectivity index is 1.57. The molecule has 0 unspecified atom stereocenters. The van der Waals surface area contributed by atoms with E-state index in [4.69, 9.17) is 4.74 Å². The fourth-order valence-electron chi connectivity index (χ4n) is 2.04. The molecule has 0 aliphatic rings. The number of rotatable bonds is 6.